The summed E-state index contributed by atoms with van der Waals surface area (Å²) in [4.78, 5) is 11.2. The van der Waals surface area contributed by atoms with Crippen molar-refractivity contribution in [2.24, 2.45) is 0 Å². The fourth-order valence-electron chi connectivity index (χ4n) is 2.74. The lowest BCUT2D eigenvalue weighted by molar-refractivity contribution is 0.617. The lowest BCUT2D eigenvalue weighted by atomic mass is 10.1. The van der Waals surface area contributed by atoms with E-state index in [0.29, 0.717) is 6.04 Å². The molecule has 1 aromatic rings. The molecule has 1 fully saturated rings. The van der Waals surface area contributed by atoms with E-state index in [2.05, 4.69) is 34.2 Å². The highest BCUT2D eigenvalue weighted by Gasteiger charge is 2.13. The van der Waals surface area contributed by atoms with Crippen molar-refractivity contribution in [1.29, 1.82) is 0 Å². The molecule has 1 aliphatic rings. The smallest absolute Gasteiger partial charge is 0.226 e. The van der Waals surface area contributed by atoms with Crippen LogP contribution in [0.4, 0.5) is 11.8 Å². The van der Waals surface area contributed by atoms with Crippen LogP contribution in [0.3, 0.4) is 0 Å². The Balaban J connectivity index is 1.94. The molecule has 4 nitrogen and oxygen atoms in total. The first-order valence-corrected chi connectivity index (χ1v) is 8.10. The SMILES string of the molecule is CCCCN(C)c1nccc(NC2CCCCCC2)n1. The van der Waals surface area contributed by atoms with Gasteiger partial charge in [0.15, 0.2) is 0 Å². The Labute approximate surface area is 123 Å². The van der Waals surface area contributed by atoms with Gasteiger partial charge in [-0.15, -0.1) is 0 Å². The molecule has 1 N–H and O–H groups in total. The zero-order chi connectivity index (χ0) is 14.2. The lowest BCUT2D eigenvalue weighted by Crippen LogP contribution is -2.23. The molecule has 0 amide bonds. The van der Waals surface area contributed by atoms with Gasteiger partial charge in [0.2, 0.25) is 5.95 Å². The molecule has 0 bridgehead atoms. The lowest BCUT2D eigenvalue weighted by Gasteiger charge is -2.20. The molecule has 0 saturated heterocycles. The van der Waals surface area contributed by atoms with Crippen molar-refractivity contribution >= 4 is 11.8 Å². The Morgan fingerprint density at radius 3 is 2.70 bits per heavy atom. The molecule has 0 radical (unpaired) electrons. The normalized spacial score (nSPS) is 16.7. The number of unbranched alkanes of at least 4 members (excludes halogenated alkanes) is 1. The number of aromatic nitrogens is 2. The minimum Gasteiger partial charge on any atom is -0.367 e. The van der Waals surface area contributed by atoms with Crippen LogP contribution in [0.15, 0.2) is 12.3 Å². The Kier molecular flexibility index (Phi) is 6.09. The van der Waals surface area contributed by atoms with E-state index in [1.807, 2.05) is 12.3 Å². The van der Waals surface area contributed by atoms with Crippen LogP contribution in [0.25, 0.3) is 0 Å². The summed E-state index contributed by atoms with van der Waals surface area (Å²) in [6.45, 7) is 3.22. The molecular weight excluding hydrogens is 248 g/mol. The van der Waals surface area contributed by atoms with Crippen LogP contribution in [-0.2, 0) is 0 Å². The third kappa shape index (κ3) is 4.66. The van der Waals surface area contributed by atoms with Gasteiger partial charge in [-0.3, -0.25) is 0 Å². The predicted molar refractivity (Wildman–Crippen MR) is 85.3 cm³/mol. The van der Waals surface area contributed by atoms with Crippen LogP contribution in [0.1, 0.15) is 58.3 Å². The van der Waals surface area contributed by atoms with E-state index in [4.69, 9.17) is 0 Å². The van der Waals surface area contributed by atoms with Crippen molar-refractivity contribution in [2.45, 2.75) is 64.3 Å². The molecule has 20 heavy (non-hydrogen) atoms. The maximum atomic E-state index is 4.65. The van der Waals surface area contributed by atoms with E-state index < -0.39 is 0 Å². The van der Waals surface area contributed by atoms with E-state index in [1.54, 1.807) is 0 Å². The average molecular weight is 276 g/mol. The molecule has 1 aliphatic carbocycles. The predicted octanol–water partition coefficient (Wildman–Crippen LogP) is 3.85. The number of hydrogen-bond donors (Lipinski definition) is 1. The Morgan fingerprint density at radius 1 is 1.25 bits per heavy atom. The minimum absolute atomic E-state index is 0.584. The van der Waals surface area contributed by atoms with Gasteiger partial charge in [-0.1, -0.05) is 39.0 Å². The van der Waals surface area contributed by atoms with Crippen molar-refractivity contribution in [2.75, 3.05) is 23.8 Å². The second-order valence-electron chi connectivity index (χ2n) is 5.85. The summed E-state index contributed by atoms with van der Waals surface area (Å²) in [5.41, 5.74) is 0. The van der Waals surface area contributed by atoms with E-state index in [9.17, 15) is 0 Å². The Hall–Kier alpha value is -1.32. The van der Waals surface area contributed by atoms with E-state index in [0.717, 1.165) is 18.3 Å². The fourth-order valence-corrected chi connectivity index (χ4v) is 2.74. The van der Waals surface area contributed by atoms with Crippen LogP contribution in [0.5, 0.6) is 0 Å². The molecule has 2 rings (SSSR count). The molecular formula is C16H28N4. The monoisotopic (exact) mass is 276 g/mol. The molecule has 1 saturated carbocycles. The third-order valence-electron chi connectivity index (χ3n) is 4.04. The van der Waals surface area contributed by atoms with Gasteiger partial charge in [0.05, 0.1) is 0 Å². The molecule has 0 spiro atoms. The standard InChI is InChI=1S/C16H28N4/c1-3-4-13-20(2)16-17-12-11-15(19-16)18-14-9-7-5-6-8-10-14/h11-12,14H,3-10,13H2,1-2H3,(H,17,18,19). The molecule has 4 heteroatoms. The molecule has 1 aromatic heterocycles. The Morgan fingerprint density at radius 2 is 2.00 bits per heavy atom. The zero-order valence-electron chi connectivity index (χ0n) is 12.9. The summed E-state index contributed by atoms with van der Waals surface area (Å²) in [7, 11) is 2.07. The first kappa shape index (κ1) is 15.1. The van der Waals surface area contributed by atoms with Crippen molar-refractivity contribution in [3.63, 3.8) is 0 Å². The van der Waals surface area contributed by atoms with Crippen LogP contribution in [-0.4, -0.2) is 29.6 Å². The largest absolute Gasteiger partial charge is 0.367 e. The summed E-state index contributed by atoms with van der Waals surface area (Å²) in [5.74, 6) is 1.81. The molecule has 1 heterocycles. The third-order valence-corrected chi connectivity index (χ3v) is 4.04. The highest BCUT2D eigenvalue weighted by molar-refractivity contribution is 5.41. The second-order valence-corrected chi connectivity index (χ2v) is 5.85. The molecule has 112 valence electrons. The van der Waals surface area contributed by atoms with Gasteiger partial charge >= 0.3 is 0 Å². The van der Waals surface area contributed by atoms with Crippen LogP contribution < -0.4 is 10.2 Å². The van der Waals surface area contributed by atoms with Gasteiger partial charge in [0, 0.05) is 25.8 Å². The summed E-state index contributed by atoms with van der Waals surface area (Å²) >= 11 is 0. The van der Waals surface area contributed by atoms with Gasteiger partial charge in [-0.2, -0.15) is 4.98 Å². The quantitative estimate of drug-likeness (QED) is 0.801. The number of nitrogens with zero attached hydrogens (tertiary/aromatic N) is 3. The van der Waals surface area contributed by atoms with Gasteiger partial charge in [0.25, 0.3) is 0 Å². The minimum atomic E-state index is 0.584. The van der Waals surface area contributed by atoms with Crippen LogP contribution in [0.2, 0.25) is 0 Å². The maximum absolute atomic E-state index is 4.65. The number of anilines is 2. The topological polar surface area (TPSA) is 41.1 Å². The summed E-state index contributed by atoms with van der Waals surface area (Å²) in [6.07, 6.45) is 12.2. The molecule has 0 atom stereocenters. The Bertz CT molecular complexity index is 386. The second kappa shape index (κ2) is 8.08. The van der Waals surface area contributed by atoms with Gasteiger partial charge in [-0.25, -0.2) is 4.98 Å². The van der Waals surface area contributed by atoms with Crippen molar-refractivity contribution < 1.29 is 0 Å². The summed E-state index contributed by atoms with van der Waals surface area (Å²) in [6, 6.07) is 2.57. The first-order valence-electron chi connectivity index (χ1n) is 8.10. The van der Waals surface area contributed by atoms with E-state index in [-0.39, 0.29) is 0 Å². The summed E-state index contributed by atoms with van der Waals surface area (Å²) < 4.78 is 0. The number of rotatable bonds is 6. The average Bonchev–Trinajstić information content (AvgIpc) is 2.73. The van der Waals surface area contributed by atoms with Crippen molar-refractivity contribution in [1.82, 2.24) is 9.97 Å². The molecule has 0 aliphatic heterocycles. The van der Waals surface area contributed by atoms with Crippen LogP contribution in [0, 0.1) is 0 Å². The molecule has 0 unspecified atom stereocenters. The highest BCUT2D eigenvalue weighted by atomic mass is 15.2. The first-order chi connectivity index (χ1) is 9.79. The molecule has 0 aromatic carbocycles. The van der Waals surface area contributed by atoms with E-state index >= 15 is 0 Å². The summed E-state index contributed by atoms with van der Waals surface area (Å²) in [5, 5.41) is 3.59. The van der Waals surface area contributed by atoms with Gasteiger partial charge < -0.3 is 10.2 Å². The van der Waals surface area contributed by atoms with Gasteiger partial charge in [-0.05, 0) is 25.3 Å². The highest BCUT2D eigenvalue weighted by Crippen LogP contribution is 2.20. The number of nitrogens with one attached hydrogen (secondary N) is 1. The van der Waals surface area contributed by atoms with Crippen molar-refractivity contribution in [3.8, 4) is 0 Å². The van der Waals surface area contributed by atoms with Crippen LogP contribution >= 0.6 is 0 Å². The van der Waals surface area contributed by atoms with Crippen molar-refractivity contribution in [3.05, 3.63) is 12.3 Å². The number of hydrogen-bond acceptors (Lipinski definition) is 4. The fraction of sp³-hybridized carbons (Fsp3) is 0.750. The zero-order valence-corrected chi connectivity index (χ0v) is 12.9. The maximum Gasteiger partial charge on any atom is 0.226 e. The van der Waals surface area contributed by atoms with Gasteiger partial charge in [0.1, 0.15) is 5.82 Å². The van der Waals surface area contributed by atoms with E-state index in [1.165, 1.54) is 51.4 Å².